The van der Waals surface area contributed by atoms with Gasteiger partial charge in [-0.05, 0) is 36.8 Å². The molecular formula is C14H20O. The molecule has 1 aromatic rings. The third-order valence-corrected chi connectivity index (χ3v) is 3.21. The lowest BCUT2D eigenvalue weighted by Crippen LogP contribution is -2.09. The quantitative estimate of drug-likeness (QED) is 0.723. The van der Waals surface area contributed by atoms with Gasteiger partial charge in [-0.3, -0.25) is 0 Å². The molecule has 1 aromatic carbocycles. The maximum absolute atomic E-state index is 5.92. The van der Waals surface area contributed by atoms with Crippen molar-refractivity contribution < 1.29 is 4.74 Å². The zero-order valence-corrected chi connectivity index (χ0v) is 9.92. The van der Waals surface area contributed by atoms with Crippen LogP contribution in [0.3, 0.4) is 0 Å². The van der Waals surface area contributed by atoms with Crippen molar-refractivity contribution in [1.29, 1.82) is 0 Å². The highest BCUT2D eigenvalue weighted by molar-refractivity contribution is 5.29. The van der Waals surface area contributed by atoms with Crippen molar-refractivity contribution in [3.63, 3.8) is 0 Å². The Kier molecular flexibility index (Phi) is 2.83. The average molecular weight is 204 g/mol. The molecule has 2 rings (SSSR count). The van der Waals surface area contributed by atoms with Gasteiger partial charge in [0.2, 0.25) is 0 Å². The molecule has 1 heteroatoms. The standard InChI is InChI=1S/C14H20O/c1-11(2)13-7-5-4-6-12(13)10-15-14(3)8-9-14/h4-7,11H,8-10H2,1-3H3. The third-order valence-electron chi connectivity index (χ3n) is 3.21. The van der Waals surface area contributed by atoms with E-state index >= 15 is 0 Å². The largest absolute Gasteiger partial charge is 0.371 e. The fraction of sp³-hybridized carbons (Fsp3) is 0.571. The Morgan fingerprint density at radius 3 is 2.53 bits per heavy atom. The Balaban J connectivity index is 2.06. The third kappa shape index (κ3) is 2.60. The summed E-state index contributed by atoms with van der Waals surface area (Å²) in [5.41, 5.74) is 2.95. The molecule has 0 aromatic heterocycles. The lowest BCUT2D eigenvalue weighted by atomic mass is 9.98. The molecule has 0 unspecified atom stereocenters. The number of rotatable bonds is 4. The Bertz CT molecular complexity index is 337. The predicted octanol–water partition coefficient (Wildman–Crippen LogP) is 3.88. The molecule has 0 spiro atoms. The van der Waals surface area contributed by atoms with Gasteiger partial charge in [0, 0.05) is 0 Å². The monoisotopic (exact) mass is 204 g/mol. The smallest absolute Gasteiger partial charge is 0.0727 e. The summed E-state index contributed by atoms with van der Waals surface area (Å²) in [7, 11) is 0. The minimum Gasteiger partial charge on any atom is -0.371 e. The van der Waals surface area contributed by atoms with Crippen LogP contribution in [0.25, 0.3) is 0 Å². The van der Waals surface area contributed by atoms with Gasteiger partial charge in [0.1, 0.15) is 0 Å². The Morgan fingerprint density at radius 2 is 1.93 bits per heavy atom. The van der Waals surface area contributed by atoms with Crippen LogP contribution in [-0.2, 0) is 11.3 Å². The van der Waals surface area contributed by atoms with Gasteiger partial charge in [0.15, 0.2) is 0 Å². The molecule has 0 N–H and O–H groups in total. The molecule has 1 saturated carbocycles. The van der Waals surface area contributed by atoms with E-state index in [1.807, 2.05) is 0 Å². The minimum absolute atomic E-state index is 0.185. The SMILES string of the molecule is CC(C)c1ccccc1COC1(C)CC1. The summed E-state index contributed by atoms with van der Waals surface area (Å²) in [6.07, 6.45) is 2.44. The van der Waals surface area contributed by atoms with E-state index in [0.717, 1.165) is 6.61 Å². The summed E-state index contributed by atoms with van der Waals surface area (Å²) in [6, 6.07) is 8.59. The molecule has 1 fully saturated rings. The molecule has 0 saturated heterocycles. The first-order valence-corrected chi connectivity index (χ1v) is 5.82. The number of benzene rings is 1. The predicted molar refractivity (Wildman–Crippen MR) is 63.0 cm³/mol. The Hall–Kier alpha value is -0.820. The van der Waals surface area contributed by atoms with Gasteiger partial charge >= 0.3 is 0 Å². The second kappa shape index (κ2) is 3.97. The minimum atomic E-state index is 0.185. The van der Waals surface area contributed by atoms with Gasteiger partial charge in [-0.15, -0.1) is 0 Å². The van der Waals surface area contributed by atoms with Crippen LogP contribution in [0.5, 0.6) is 0 Å². The first kappa shape index (κ1) is 10.7. The molecule has 0 bridgehead atoms. The van der Waals surface area contributed by atoms with Gasteiger partial charge in [0.25, 0.3) is 0 Å². The Labute approximate surface area is 92.5 Å². The molecule has 15 heavy (non-hydrogen) atoms. The van der Waals surface area contributed by atoms with Gasteiger partial charge in [0.05, 0.1) is 12.2 Å². The number of hydrogen-bond donors (Lipinski definition) is 0. The molecule has 0 amide bonds. The normalized spacial score (nSPS) is 18.1. The molecule has 1 aliphatic rings. The van der Waals surface area contributed by atoms with Crippen LogP contribution >= 0.6 is 0 Å². The van der Waals surface area contributed by atoms with Crippen LogP contribution in [0.15, 0.2) is 24.3 Å². The van der Waals surface area contributed by atoms with E-state index in [4.69, 9.17) is 4.74 Å². The topological polar surface area (TPSA) is 9.23 Å². The summed E-state index contributed by atoms with van der Waals surface area (Å²) in [4.78, 5) is 0. The van der Waals surface area contributed by atoms with Crippen LogP contribution in [-0.4, -0.2) is 5.60 Å². The van der Waals surface area contributed by atoms with Gasteiger partial charge in [-0.25, -0.2) is 0 Å². The molecule has 1 nitrogen and oxygen atoms in total. The van der Waals surface area contributed by atoms with E-state index < -0.39 is 0 Å². The maximum Gasteiger partial charge on any atom is 0.0727 e. The molecule has 0 radical (unpaired) electrons. The molecule has 0 heterocycles. The van der Waals surface area contributed by atoms with Crippen molar-refractivity contribution in [2.45, 2.75) is 51.7 Å². The highest BCUT2D eigenvalue weighted by Crippen LogP contribution is 2.39. The second-order valence-electron chi connectivity index (χ2n) is 5.09. The molecule has 0 aliphatic heterocycles. The molecular weight excluding hydrogens is 184 g/mol. The van der Waals surface area contributed by atoms with Gasteiger partial charge in [-0.1, -0.05) is 38.1 Å². The van der Waals surface area contributed by atoms with Crippen LogP contribution < -0.4 is 0 Å². The second-order valence-corrected chi connectivity index (χ2v) is 5.09. The van der Waals surface area contributed by atoms with Crippen molar-refractivity contribution in [1.82, 2.24) is 0 Å². The fourth-order valence-electron chi connectivity index (χ4n) is 1.80. The first-order valence-electron chi connectivity index (χ1n) is 5.82. The van der Waals surface area contributed by atoms with Crippen LogP contribution in [0, 0.1) is 0 Å². The highest BCUT2D eigenvalue weighted by atomic mass is 16.5. The lowest BCUT2D eigenvalue weighted by molar-refractivity contribution is 0.0330. The van der Waals surface area contributed by atoms with E-state index in [1.165, 1.54) is 24.0 Å². The van der Waals surface area contributed by atoms with E-state index in [9.17, 15) is 0 Å². The average Bonchev–Trinajstić information content (AvgIpc) is 2.95. The van der Waals surface area contributed by atoms with Crippen LogP contribution in [0.4, 0.5) is 0 Å². The van der Waals surface area contributed by atoms with Crippen molar-refractivity contribution in [2.75, 3.05) is 0 Å². The summed E-state index contributed by atoms with van der Waals surface area (Å²) < 4.78 is 5.92. The van der Waals surface area contributed by atoms with Crippen molar-refractivity contribution >= 4 is 0 Å². The van der Waals surface area contributed by atoms with E-state index in [-0.39, 0.29) is 5.60 Å². The summed E-state index contributed by atoms with van der Waals surface area (Å²) in [5, 5.41) is 0. The summed E-state index contributed by atoms with van der Waals surface area (Å²) in [6.45, 7) is 7.44. The van der Waals surface area contributed by atoms with Crippen LogP contribution in [0.1, 0.15) is 50.7 Å². The zero-order chi connectivity index (χ0) is 10.9. The van der Waals surface area contributed by atoms with Crippen molar-refractivity contribution in [3.8, 4) is 0 Å². The summed E-state index contributed by atoms with van der Waals surface area (Å²) in [5.74, 6) is 0.580. The maximum atomic E-state index is 5.92. The van der Waals surface area contributed by atoms with E-state index in [2.05, 4.69) is 45.0 Å². The summed E-state index contributed by atoms with van der Waals surface area (Å²) >= 11 is 0. The molecule has 82 valence electrons. The lowest BCUT2D eigenvalue weighted by Gasteiger charge is -2.15. The van der Waals surface area contributed by atoms with Crippen molar-refractivity contribution in [3.05, 3.63) is 35.4 Å². The van der Waals surface area contributed by atoms with Crippen LogP contribution in [0.2, 0.25) is 0 Å². The molecule has 0 atom stereocenters. The first-order chi connectivity index (χ1) is 7.11. The van der Waals surface area contributed by atoms with Gasteiger partial charge in [-0.2, -0.15) is 0 Å². The van der Waals surface area contributed by atoms with E-state index in [1.54, 1.807) is 0 Å². The zero-order valence-electron chi connectivity index (χ0n) is 9.92. The van der Waals surface area contributed by atoms with E-state index in [0.29, 0.717) is 5.92 Å². The molecule has 1 aliphatic carbocycles. The van der Waals surface area contributed by atoms with Crippen molar-refractivity contribution in [2.24, 2.45) is 0 Å². The Morgan fingerprint density at radius 1 is 1.27 bits per heavy atom. The van der Waals surface area contributed by atoms with Gasteiger partial charge < -0.3 is 4.74 Å². The number of ether oxygens (including phenoxy) is 1. The fourth-order valence-corrected chi connectivity index (χ4v) is 1.80. The number of hydrogen-bond acceptors (Lipinski definition) is 1. The highest BCUT2D eigenvalue weighted by Gasteiger charge is 2.38.